The third-order valence-corrected chi connectivity index (χ3v) is 3.32. The summed E-state index contributed by atoms with van der Waals surface area (Å²) in [5, 5.41) is 0.580. The fraction of sp³-hybridized carbons (Fsp3) is 0.364. The molecule has 0 spiro atoms. The van der Waals surface area contributed by atoms with Crippen molar-refractivity contribution in [3.05, 3.63) is 27.7 Å². The Bertz CT molecular complexity index is 430. The van der Waals surface area contributed by atoms with Gasteiger partial charge >= 0.3 is 5.97 Å². The molecule has 16 heavy (non-hydrogen) atoms. The van der Waals surface area contributed by atoms with Gasteiger partial charge in [-0.05, 0) is 31.4 Å². The third kappa shape index (κ3) is 2.11. The lowest BCUT2D eigenvalue weighted by Crippen LogP contribution is -2.25. The second kappa shape index (κ2) is 4.52. The van der Waals surface area contributed by atoms with Crippen molar-refractivity contribution in [3.63, 3.8) is 0 Å². The molecule has 0 unspecified atom stereocenters. The minimum atomic E-state index is -0.491. The van der Waals surface area contributed by atoms with E-state index < -0.39 is 5.97 Å². The van der Waals surface area contributed by atoms with Crippen molar-refractivity contribution in [3.8, 4) is 0 Å². The van der Waals surface area contributed by atoms with Crippen LogP contribution in [0.15, 0.2) is 12.1 Å². The molecule has 2 N–H and O–H groups in total. The van der Waals surface area contributed by atoms with Gasteiger partial charge in [0.15, 0.2) is 0 Å². The summed E-state index contributed by atoms with van der Waals surface area (Å²) >= 11 is 11.7. The quantitative estimate of drug-likeness (QED) is 0.655. The molecule has 0 aliphatic heterocycles. The molecular formula is C11H11Cl2NO2. The van der Waals surface area contributed by atoms with Gasteiger partial charge in [0.1, 0.15) is 11.7 Å². The van der Waals surface area contributed by atoms with Crippen LogP contribution in [0.5, 0.6) is 0 Å². The van der Waals surface area contributed by atoms with Gasteiger partial charge in [0.05, 0.1) is 15.7 Å². The molecular weight excluding hydrogens is 249 g/mol. The van der Waals surface area contributed by atoms with Crippen LogP contribution in [-0.2, 0) is 4.74 Å². The lowest BCUT2D eigenvalue weighted by molar-refractivity contribution is 0.00915. The Balaban J connectivity index is 2.24. The SMILES string of the molecule is Nc1c(Cl)ccc(Cl)c1C(=O)OC1CCC1. The van der Waals surface area contributed by atoms with Crippen LogP contribution in [0.3, 0.4) is 0 Å². The number of anilines is 1. The first-order chi connectivity index (χ1) is 7.59. The summed E-state index contributed by atoms with van der Waals surface area (Å²) in [6, 6.07) is 3.09. The second-order valence-electron chi connectivity index (χ2n) is 3.78. The van der Waals surface area contributed by atoms with Crippen molar-refractivity contribution in [2.75, 3.05) is 5.73 Å². The van der Waals surface area contributed by atoms with E-state index in [1.165, 1.54) is 6.07 Å². The maximum atomic E-state index is 11.8. The molecule has 5 heteroatoms. The molecule has 0 saturated heterocycles. The molecule has 3 nitrogen and oxygen atoms in total. The second-order valence-corrected chi connectivity index (χ2v) is 4.59. The van der Waals surface area contributed by atoms with Crippen molar-refractivity contribution >= 4 is 34.9 Å². The molecule has 0 heterocycles. The van der Waals surface area contributed by atoms with Crippen LogP contribution >= 0.6 is 23.2 Å². The van der Waals surface area contributed by atoms with Gasteiger partial charge in [0.2, 0.25) is 0 Å². The van der Waals surface area contributed by atoms with E-state index in [2.05, 4.69) is 0 Å². The van der Waals surface area contributed by atoms with Crippen molar-refractivity contribution in [2.24, 2.45) is 0 Å². The first-order valence-corrected chi connectivity index (χ1v) is 5.79. The van der Waals surface area contributed by atoms with Gasteiger partial charge in [-0.25, -0.2) is 4.79 Å². The van der Waals surface area contributed by atoms with Crippen LogP contribution in [0, 0.1) is 0 Å². The van der Waals surface area contributed by atoms with Crippen LogP contribution in [0.25, 0.3) is 0 Å². The average molecular weight is 260 g/mol. The van der Waals surface area contributed by atoms with Crippen molar-refractivity contribution < 1.29 is 9.53 Å². The summed E-state index contributed by atoms with van der Waals surface area (Å²) < 4.78 is 5.23. The Morgan fingerprint density at radius 3 is 2.50 bits per heavy atom. The van der Waals surface area contributed by atoms with Gasteiger partial charge in [0.25, 0.3) is 0 Å². The van der Waals surface area contributed by atoms with E-state index in [0.717, 1.165) is 19.3 Å². The van der Waals surface area contributed by atoms with Crippen LogP contribution in [0.4, 0.5) is 5.69 Å². The van der Waals surface area contributed by atoms with E-state index in [0.29, 0.717) is 5.02 Å². The first-order valence-electron chi connectivity index (χ1n) is 5.04. The van der Waals surface area contributed by atoms with Gasteiger partial charge in [-0.1, -0.05) is 23.2 Å². The number of ether oxygens (including phenoxy) is 1. The number of esters is 1. The molecule has 0 amide bonds. The summed E-state index contributed by atoms with van der Waals surface area (Å²) in [7, 11) is 0. The number of rotatable bonds is 2. The molecule has 0 bridgehead atoms. The molecule has 1 aromatic carbocycles. The molecule has 0 aromatic heterocycles. The minimum Gasteiger partial charge on any atom is -0.459 e. The highest BCUT2D eigenvalue weighted by atomic mass is 35.5. The Morgan fingerprint density at radius 2 is 1.94 bits per heavy atom. The highest BCUT2D eigenvalue weighted by Gasteiger charge is 2.25. The van der Waals surface area contributed by atoms with Crippen LogP contribution in [0.2, 0.25) is 10.0 Å². The highest BCUT2D eigenvalue weighted by Crippen LogP contribution is 2.31. The predicted molar refractivity (Wildman–Crippen MR) is 63.9 cm³/mol. The van der Waals surface area contributed by atoms with Gasteiger partial charge in [0, 0.05) is 0 Å². The van der Waals surface area contributed by atoms with Crippen molar-refractivity contribution in [1.29, 1.82) is 0 Å². The number of benzene rings is 1. The summed E-state index contributed by atoms with van der Waals surface area (Å²) in [4.78, 5) is 11.8. The Labute approximate surface area is 103 Å². The number of hydrogen-bond acceptors (Lipinski definition) is 3. The number of nitrogen functional groups attached to an aromatic ring is 1. The van der Waals surface area contributed by atoms with E-state index in [-0.39, 0.29) is 22.4 Å². The summed E-state index contributed by atoms with van der Waals surface area (Å²) in [6.07, 6.45) is 2.91. The standard InChI is InChI=1S/C11H11Cl2NO2/c12-7-4-5-8(13)10(14)9(7)11(15)16-6-2-1-3-6/h4-6H,1-3,14H2. The summed E-state index contributed by atoms with van der Waals surface area (Å²) in [6.45, 7) is 0. The smallest absolute Gasteiger partial charge is 0.342 e. The van der Waals surface area contributed by atoms with Gasteiger partial charge in [-0.2, -0.15) is 0 Å². The lowest BCUT2D eigenvalue weighted by atomic mass is 9.96. The Hall–Kier alpha value is -0.930. The average Bonchev–Trinajstić information content (AvgIpc) is 2.18. The first kappa shape index (κ1) is 11.6. The van der Waals surface area contributed by atoms with E-state index in [4.69, 9.17) is 33.7 Å². The van der Waals surface area contributed by atoms with E-state index in [1.54, 1.807) is 6.07 Å². The predicted octanol–water partition coefficient (Wildman–Crippen LogP) is 3.28. The van der Waals surface area contributed by atoms with Gasteiger partial charge in [-0.15, -0.1) is 0 Å². The monoisotopic (exact) mass is 259 g/mol. The zero-order valence-corrected chi connectivity index (χ0v) is 10.0. The largest absolute Gasteiger partial charge is 0.459 e. The molecule has 1 aromatic rings. The summed E-state index contributed by atoms with van der Waals surface area (Å²) in [5.74, 6) is -0.491. The lowest BCUT2D eigenvalue weighted by Gasteiger charge is -2.25. The maximum Gasteiger partial charge on any atom is 0.342 e. The topological polar surface area (TPSA) is 52.3 Å². The third-order valence-electron chi connectivity index (χ3n) is 2.67. The highest BCUT2D eigenvalue weighted by molar-refractivity contribution is 6.38. The zero-order chi connectivity index (χ0) is 11.7. The molecule has 0 atom stereocenters. The number of halogens is 2. The summed E-state index contributed by atoms with van der Waals surface area (Å²) in [5.41, 5.74) is 6.05. The molecule has 2 rings (SSSR count). The molecule has 0 radical (unpaired) electrons. The molecule has 86 valence electrons. The van der Waals surface area contributed by atoms with Crippen LogP contribution in [-0.4, -0.2) is 12.1 Å². The normalized spacial score (nSPS) is 15.6. The number of nitrogens with two attached hydrogens (primary N) is 1. The van der Waals surface area contributed by atoms with Crippen molar-refractivity contribution in [2.45, 2.75) is 25.4 Å². The van der Waals surface area contributed by atoms with E-state index >= 15 is 0 Å². The van der Waals surface area contributed by atoms with Crippen LogP contribution < -0.4 is 5.73 Å². The van der Waals surface area contributed by atoms with Crippen molar-refractivity contribution in [1.82, 2.24) is 0 Å². The Kier molecular flexibility index (Phi) is 3.26. The zero-order valence-electron chi connectivity index (χ0n) is 8.50. The molecule has 1 saturated carbocycles. The maximum absolute atomic E-state index is 11.8. The Morgan fingerprint density at radius 1 is 1.31 bits per heavy atom. The minimum absolute atomic E-state index is 0.00180. The molecule has 1 aliphatic rings. The van der Waals surface area contributed by atoms with Gasteiger partial charge in [-0.3, -0.25) is 0 Å². The fourth-order valence-electron chi connectivity index (χ4n) is 1.47. The number of hydrogen-bond donors (Lipinski definition) is 1. The van der Waals surface area contributed by atoms with E-state index in [9.17, 15) is 4.79 Å². The van der Waals surface area contributed by atoms with Crippen LogP contribution in [0.1, 0.15) is 29.6 Å². The van der Waals surface area contributed by atoms with Gasteiger partial charge < -0.3 is 10.5 Å². The molecule has 1 aliphatic carbocycles. The fourth-order valence-corrected chi connectivity index (χ4v) is 1.87. The number of carbonyl (C=O) groups is 1. The molecule has 1 fully saturated rings. The van der Waals surface area contributed by atoms with E-state index in [1.807, 2.05) is 0 Å². The number of carbonyl (C=O) groups excluding carboxylic acids is 1.